The van der Waals surface area contributed by atoms with E-state index in [-0.39, 0.29) is 29.5 Å². The van der Waals surface area contributed by atoms with Crippen molar-refractivity contribution in [2.45, 2.75) is 103 Å². The smallest absolute Gasteiger partial charge is 0.355 e. The zero-order valence-electron chi connectivity index (χ0n) is 42.3. The lowest BCUT2D eigenvalue weighted by Gasteiger charge is -2.39. The Morgan fingerprint density at radius 3 is 2.47 bits per heavy atom. The number of benzene rings is 4. The molecule has 16 heteroatoms. The first-order chi connectivity index (χ1) is 35.9. The van der Waals surface area contributed by atoms with Crippen LogP contribution in [0.15, 0.2) is 91.0 Å². The minimum absolute atomic E-state index is 0.0175. The number of aromatic carboxylic acids is 1. The third-order valence-corrected chi connectivity index (χ3v) is 17.0. The summed E-state index contributed by atoms with van der Waals surface area (Å²) in [6.07, 6.45) is 9.50. The molecule has 4 aromatic carbocycles. The molecule has 7 aromatic rings. The van der Waals surface area contributed by atoms with Gasteiger partial charge in [-0.25, -0.2) is 14.8 Å². The van der Waals surface area contributed by atoms with E-state index in [1.165, 1.54) is 36.3 Å². The van der Waals surface area contributed by atoms with E-state index in [0.717, 1.165) is 107 Å². The van der Waals surface area contributed by atoms with Gasteiger partial charge in [-0.15, -0.1) is 0 Å². The van der Waals surface area contributed by atoms with E-state index in [1.807, 2.05) is 85.4 Å². The fourth-order valence-corrected chi connectivity index (χ4v) is 12.7. The van der Waals surface area contributed by atoms with Crippen molar-refractivity contribution >= 4 is 72.8 Å². The van der Waals surface area contributed by atoms with Crippen LogP contribution < -0.4 is 25.2 Å². The summed E-state index contributed by atoms with van der Waals surface area (Å²) in [5, 5.41) is 22.3. The summed E-state index contributed by atoms with van der Waals surface area (Å²) in [6, 6.07) is 30.2. The van der Waals surface area contributed by atoms with Crippen molar-refractivity contribution in [1.29, 1.82) is 0 Å². The predicted molar refractivity (Wildman–Crippen MR) is 289 cm³/mol. The molecule has 2 unspecified atom stereocenters. The molecular formula is C58H63N9O6S. The first-order valence-electron chi connectivity index (χ1n) is 26.3. The minimum Gasteiger partial charge on any atom is -0.490 e. The third-order valence-electron chi connectivity index (χ3n) is 16.1. The number of aromatic nitrogens is 4. The van der Waals surface area contributed by atoms with Crippen LogP contribution in [0.25, 0.3) is 32.2 Å². The van der Waals surface area contributed by atoms with Crippen LogP contribution in [0.5, 0.6) is 5.75 Å². The SMILES string of the molecule is Cc1c(OC2CCC(CCCC(C)N3CCN(c4ccc5c(C6CCC(=O)NC6=O)nn(C)c5c4)CC3)CC2)cccc1-c1ccc(N2CCc3cccc(C(=O)Nc4nc5ccccc5s4)c3C2)nc1C(=O)O. The number of fused-ring (bicyclic) bond motifs is 3. The molecule has 1 saturated carbocycles. The number of pyridine rings is 1. The van der Waals surface area contributed by atoms with Crippen molar-refractivity contribution in [3.8, 4) is 16.9 Å². The molecule has 3 aromatic heterocycles. The van der Waals surface area contributed by atoms with Gasteiger partial charge in [0.1, 0.15) is 11.6 Å². The molecule has 4 aliphatic rings. The average Bonchev–Trinajstić information content (AvgIpc) is 3.98. The van der Waals surface area contributed by atoms with Crippen LogP contribution in [-0.4, -0.2) is 98.3 Å². The quantitative estimate of drug-likeness (QED) is 0.0881. The normalized spacial score (nSPS) is 19.9. The number of amides is 3. The number of rotatable bonds is 14. The number of hydrogen-bond donors (Lipinski definition) is 3. The van der Waals surface area contributed by atoms with Gasteiger partial charge in [0, 0.05) is 81.0 Å². The molecule has 6 heterocycles. The summed E-state index contributed by atoms with van der Waals surface area (Å²) in [5.41, 5.74) is 8.52. The topological polar surface area (TPSA) is 175 Å². The van der Waals surface area contributed by atoms with Gasteiger partial charge in [0.15, 0.2) is 10.8 Å². The summed E-state index contributed by atoms with van der Waals surface area (Å²) in [4.78, 5) is 67.4. The van der Waals surface area contributed by atoms with E-state index in [4.69, 9.17) is 14.8 Å². The maximum absolute atomic E-state index is 13.7. The second-order valence-corrected chi connectivity index (χ2v) is 21.7. The zero-order chi connectivity index (χ0) is 51.0. The number of aryl methyl sites for hydroxylation is 1. The fraction of sp³-hybridized carbons (Fsp3) is 0.397. The summed E-state index contributed by atoms with van der Waals surface area (Å²) >= 11 is 1.44. The molecule has 1 aliphatic carbocycles. The second kappa shape index (κ2) is 21.0. The summed E-state index contributed by atoms with van der Waals surface area (Å²) in [5.74, 6) is -0.191. The predicted octanol–water partition coefficient (Wildman–Crippen LogP) is 9.91. The van der Waals surface area contributed by atoms with Gasteiger partial charge in [0.2, 0.25) is 11.8 Å². The molecule has 382 valence electrons. The Kier molecular flexibility index (Phi) is 13.9. The Balaban J connectivity index is 0.656. The molecule has 11 rings (SSSR count). The van der Waals surface area contributed by atoms with Crippen LogP contribution in [0, 0.1) is 12.8 Å². The maximum atomic E-state index is 13.7. The molecular weight excluding hydrogens is 951 g/mol. The molecule has 0 spiro atoms. The standard InChI is InChI=1S/C58H63N9O6S/c1-35(65-29-31-66(32-30-65)39-19-22-44-48(33-39)64(3)63-53(44)45-24-26-52(68)61-56(45)70)9-6-10-37-17-20-40(21-18-37)73-49-15-8-12-41(36(49)2)42-23-25-51(60-54(42)57(71)72)67-28-27-38-11-7-13-43(46(38)34-67)55(69)62-58-59-47-14-4-5-16-50(47)74-58/h4-5,7-8,11-16,19,22-23,25,33,35,37,40,45H,6,9-10,17-18,20-21,24,26-32,34H2,1-3H3,(H,71,72)(H,59,62,69)(H,61,68,70). The van der Waals surface area contributed by atoms with E-state index in [2.05, 4.69) is 61.5 Å². The van der Waals surface area contributed by atoms with Crippen LogP contribution in [0.1, 0.15) is 114 Å². The van der Waals surface area contributed by atoms with Crippen molar-refractivity contribution in [3.63, 3.8) is 0 Å². The van der Waals surface area contributed by atoms with E-state index in [1.54, 1.807) is 0 Å². The molecule has 3 aliphatic heterocycles. The molecule has 0 bridgehead atoms. The number of carboxylic acid groups (broad SMARTS) is 1. The summed E-state index contributed by atoms with van der Waals surface area (Å²) < 4.78 is 9.56. The molecule has 15 nitrogen and oxygen atoms in total. The molecule has 3 amide bonds. The van der Waals surface area contributed by atoms with Gasteiger partial charge in [-0.05, 0) is 142 Å². The third kappa shape index (κ3) is 10.1. The number of ether oxygens (including phenoxy) is 1. The van der Waals surface area contributed by atoms with Gasteiger partial charge >= 0.3 is 5.97 Å². The van der Waals surface area contributed by atoms with Gasteiger partial charge in [-0.3, -0.25) is 34.6 Å². The van der Waals surface area contributed by atoms with E-state index in [9.17, 15) is 24.3 Å². The largest absolute Gasteiger partial charge is 0.490 e. The van der Waals surface area contributed by atoms with Crippen molar-refractivity contribution in [3.05, 3.63) is 125 Å². The van der Waals surface area contributed by atoms with Gasteiger partial charge in [-0.2, -0.15) is 5.10 Å². The molecule has 3 N–H and O–H groups in total. The number of piperazine rings is 1. The van der Waals surface area contributed by atoms with Crippen LogP contribution in [-0.2, 0) is 29.6 Å². The number of nitrogens with zero attached hydrogens (tertiary/aromatic N) is 7. The van der Waals surface area contributed by atoms with Gasteiger partial charge in [-0.1, -0.05) is 60.6 Å². The first-order valence-corrected chi connectivity index (χ1v) is 27.1. The summed E-state index contributed by atoms with van der Waals surface area (Å²) in [6.45, 7) is 9.36. The van der Waals surface area contributed by atoms with Gasteiger partial charge < -0.3 is 19.6 Å². The Labute approximate surface area is 434 Å². The Morgan fingerprint density at radius 1 is 0.865 bits per heavy atom. The number of piperidine rings is 1. The van der Waals surface area contributed by atoms with E-state index >= 15 is 0 Å². The number of carboxylic acids is 1. The van der Waals surface area contributed by atoms with Crippen molar-refractivity contribution in [1.82, 2.24) is 30.0 Å². The summed E-state index contributed by atoms with van der Waals surface area (Å²) in [7, 11) is 1.92. The zero-order valence-corrected chi connectivity index (χ0v) is 43.1. The fourth-order valence-electron chi connectivity index (χ4n) is 11.8. The van der Waals surface area contributed by atoms with Crippen molar-refractivity contribution < 1.29 is 29.0 Å². The maximum Gasteiger partial charge on any atom is 0.355 e. The highest BCUT2D eigenvalue weighted by atomic mass is 32.1. The van der Waals surface area contributed by atoms with E-state index < -0.39 is 11.9 Å². The lowest BCUT2D eigenvalue weighted by atomic mass is 9.84. The van der Waals surface area contributed by atoms with Crippen LogP contribution in [0.3, 0.4) is 0 Å². The highest BCUT2D eigenvalue weighted by Crippen LogP contribution is 2.38. The number of anilines is 3. The number of imide groups is 1. The highest BCUT2D eigenvalue weighted by Gasteiger charge is 2.33. The monoisotopic (exact) mass is 1010 g/mol. The number of para-hydroxylation sites is 1. The van der Waals surface area contributed by atoms with E-state index in [0.29, 0.717) is 66.4 Å². The van der Waals surface area contributed by atoms with Gasteiger partial charge in [0.05, 0.1) is 33.4 Å². The minimum atomic E-state index is -1.10. The van der Waals surface area contributed by atoms with Crippen LogP contribution >= 0.6 is 11.3 Å². The average molecular weight is 1010 g/mol. The van der Waals surface area contributed by atoms with Gasteiger partial charge in [0.25, 0.3) is 5.91 Å². The van der Waals surface area contributed by atoms with Crippen molar-refractivity contribution in [2.75, 3.05) is 47.8 Å². The lowest BCUT2D eigenvalue weighted by Crippen LogP contribution is -2.49. The van der Waals surface area contributed by atoms with Crippen molar-refractivity contribution in [2.24, 2.45) is 13.0 Å². The van der Waals surface area contributed by atoms with Crippen LogP contribution in [0.2, 0.25) is 0 Å². The Morgan fingerprint density at radius 2 is 1.68 bits per heavy atom. The lowest BCUT2D eigenvalue weighted by molar-refractivity contribution is -0.134. The number of carbonyl (C=O) groups is 4. The molecule has 74 heavy (non-hydrogen) atoms. The second-order valence-electron chi connectivity index (χ2n) is 20.6. The first kappa shape index (κ1) is 49.1. The van der Waals surface area contributed by atoms with Crippen LogP contribution in [0.4, 0.5) is 16.6 Å². The number of thiazole rings is 1. The molecule has 2 saturated heterocycles. The Bertz CT molecular complexity index is 3250. The molecule has 3 fully saturated rings. The number of nitrogens with one attached hydrogen (secondary N) is 2. The molecule has 0 radical (unpaired) electrons. The Hall–Kier alpha value is -7.17. The number of hydrogen-bond acceptors (Lipinski definition) is 12. The molecule has 2 atom stereocenters. The highest BCUT2D eigenvalue weighted by molar-refractivity contribution is 7.22. The number of carbonyl (C=O) groups excluding carboxylic acids is 3.